The van der Waals surface area contributed by atoms with Crippen molar-refractivity contribution in [1.82, 2.24) is 5.32 Å². The maximum Gasteiger partial charge on any atom is 0.339 e. The van der Waals surface area contributed by atoms with Crippen LogP contribution in [0.5, 0.6) is 0 Å². The van der Waals surface area contributed by atoms with Crippen LogP contribution >= 0.6 is 0 Å². The van der Waals surface area contributed by atoms with Gasteiger partial charge in [-0.05, 0) is 29.7 Å². The Morgan fingerprint density at radius 3 is 2.04 bits per heavy atom. The van der Waals surface area contributed by atoms with E-state index in [0.29, 0.717) is 12.0 Å². The fourth-order valence-corrected chi connectivity index (χ4v) is 3.59. The molecule has 1 atom stereocenters. The molecular weight excluding hydrogens is 350 g/mol. The number of hydrogen-bond acceptors (Lipinski definition) is 3. The van der Waals surface area contributed by atoms with Gasteiger partial charge in [0.15, 0.2) is 5.60 Å². The topological polar surface area (TPSA) is 55.4 Å². The van der Waals surface area contributed by atoms with Gasteiger partial charge < -0.3 is 10.1 Å². The second kappa shape index (κ2) is 7.31. The zero-order valence-corrected chi connectivity index (χ0v) is 15.6. The largest absolute Gasteiger partial charge is 0.445 e. The number of amides is 1. The molecule has 0 saturated carbocycles. The number of benzene rings is 3. The Kier molecular flexibility index (Phi) is 4.70. The first-order valence-corrected chi connectivity index (χ1v) is 9.29. The van der Waals surface area contributed by atoms with Crippen LogP contribution < -0.4 is 5.32 Å². The predicted molar refractivity (Wildman–Crippen MR) is 107 cm³/mol. The molecule has 0 aliphatic carbocycles. The molecular formula is C24H21NO3. The Bertz CT molecular complexity index is 961. The van der Waals surface area contributed by atoms with E-state index in [1.807, 2.05) is 72.8 Å². The lowest BCUT2D eigenvalue weighted by Crippen LogP contribution is -2.52. The van der Waals surface area contributed by atoms with Crippen LogP contribution in [0.2, 0.25) is 0 Å². The highest BCUT2D eigenvalue weighted by molar-refractivity contribution is 5.97. The van der Waals surface area contributed by atoms with E-state index >= 15 is 0 Å². The molecule has 4 heteroatoms. The van der Waals surface area contributed by atoms with Crippen LogP contribution in [0, 0.1) is 0 Å². The quantitative estimate of drug-likeness (QED) is 0.704. The first-order chi connectivity index (χ1) is 13.6. The molecule has 1 heterocycles. The van der Waals surface area contributed by atoms with Crippen molar-refractivity contribution in [2.24, 2.45) is 0 Å². The van der Waals surface area contributed by atoms with Gasteiger partial charge >= 0.3 is 5.97 Å². The molecule has 3 aromatic rings. The van der Waals surface area contributed by atoms with Gasteiger partial charge in [0.05, 0.1) is 11.6 Å². The monoisotopic (exact) mass is 371 g/mol. The Morgan fingerprint density at radius 1 is 0.893 bits per heavy atom. The van der Waals surface area contributed by atoms with E-state index in [0.717, 1.165) is 16.7 Å². The average molecular weight is 371 g/mol. The molecule has 0 radical (unpaired) electrons. The summed E-state index contributed by atoms with van der Waals surface area (Å²) in [7, 11) is 0. The lowest BCUT2D eigenvalue weighted by molar-refractivity contribution is -0.140. The van der Waals surface area contributed by atoms with E-state index in [9.17, 15) is 9.59 Å². The van der Waals surface area contributed by atoms with Gasteiger partial charge in [-0.1, -0.05) is 78.9 Å². The third-order valence-corrected chi connectivity index (χ3v) is 5.10. The number of esters is 1. The SMILES string of the molecule is C[C@]1(C(=O)NC(c2ccccc2)c2ccccc2)Cc2ccccc2C(=O)O1. The summed E-state index contributed by atoms with van der Waals surface area (Å²) in [5, 5.41) is 3.10. The molecule has 4 nitrogen and oxygen atoms in total. The van der Waals surface area contributed by atoms with Crippen molar-refractivity contribution in [1.29, 1.82) is 0 Å². The molecule has 0 fully saturated rings. The maximum absolute atomic E-state index is 13.2. The zero-order chi connectivity index (χ0) is 19.6. The van der Waals surface area contributed by atoms with Crippen LogP contribution in [0.3, 0.4) is 0 Å². The third-order valence-electron chi connectivity index (χ3n) is 5.10. The second-order valence-electron chi connectivity index (χ2n) is 7.18. The van der Waals surface area contributed by atoms with Crippen molar-refractivity contribution in [3.63, 3.8) is 0 Å². The molecule has 0 spiro atoms. The number of ether oxygens (including phenoxy) is 1. The highest BCUT2D eigenvalue weighted by Gasteiger charge is 2.43. The van der Waals surface area contributed by atoms with E-state index in [4.69, 9.17) is 4.74 Å². The maximum atomic E-state index is 13.2. The van der Waals surface area contributed by atoms with Gasteiger partial charge in [0.2, 0.25) is 0 Å². The molecule has 4 rings (SSSR count). The Labute approximate surface area is 164 Å². The molecule has 0 bridgehead atoms. The number of carbonyl (C=O) groups excluding carboxylic acids is 2. The lowest BCUT2D eigenvalue weighted by Gasteiger charge is -2.34. The summed E-state index contributed by atoms with van der Waals surface area (Å²) in [6.07, 6.45) is 0.344. The number of carbonyl (C=O) groups is 2. The minimum absolute atomic E-state index is 0.312. The van der Waals surface area contributed by atoms with Gasteiger partial charge in [0, 0.05) is 6.42 Å². The number of cyclic esters (lactones) is 1. The summed E-state index contributed by atoms with van der Waals surface area (Å²) in [6, 6.07) is 26.5. The molecule has 1 aliphatic heterocycles. The Hall–Kier alpha value is -3.40. The van der Waals surface area contributed by atoms with E-state index in [1.165, 1.54) is 0 Å². The van der Waals surface area contributed by atoms with Gasteiger partial charge in [-0.3, -0.25) is 4.79 Å². The van der Waals surface area contributed by atoms with E-state index in [-0.39, 0.29) is 11.9 Å². The minimum atomic E-state index is -1.26. The highest BCUT2D eigenvalue weighted by Crippen LogP contribution is 2.30. The molecule has 140 valence electrons. The van der Waals surface area contributed by atoms with Crippen molar-refractivity contribution in [2.45, 2.75) is 25.0 Å². The lowest BCUT2D eigenvalue weighted by atomic mass is 9.88. The Morgan fingerprint density at radius 2 is 1.43 bits per heavy atom. The summed E-state index contributed by atoms with van der Waals surface area (Å²) in [4.78, 5) is 25.7. The van der Waals surface area contributed by atoms with Crippen molar-refractivity contribution in [3.05, 3.63) is 107 Å². The first-order valence-electron chi connectivity index (χ1n) is 9.29. The van der Waals surface area contributed by atoms with Gasteiger partial charge in [0.25, 0.3) is 5.91 Å². The fraction of sp³-hybridized carbons (Fsp3) is 0.167. The van der Waals surface area contributed by atoms with Gasteiger partial charge in [-0.25, -0.2) is 4.79 Å². The Balaban J connectivity index is 1.64. The average Bonchev–Trinajstić information content (AvgIpc) is 2.73. The minimum Gasteiger partial charge on any atom is -0.445 e. The third kappa shape index (κ3) is 3.41. The molecule has 0 saturated heterocycles. The summed E-state index contributed by atoms with van der Waals surface area (Å²) in [6.45, 7) is 1.67. The predicted octanol–water partition coefficient (Wildman–Crippen LogP) is 4.06. The summed E-state index contributed by atoms with van der Waals surface area (Å²) in [5.74, 6) is -0.775. The summed E-state index contributed by atoms with van der Waals surface area (Å²) < 4.78 is 5.58. The molecule has 1 aliphatic rings. The van der Waals surface area contributed by atoms with Crippen molar-refractivity contribution >= 4 is 11.9 Å². The molecule has 1 N–H and O–H groups in total. The molecule has 0 unspecified atom stereocenters. The van der Waals surface area contributed by atoms with Crippen molar-refractivity contribution in [2.75, 3.05) is 0 Å². The molecule has 28 heavy (non-hydrogen) atoms. The van der Waals surface area contributed by atoms with E-state index < -0.39 is 11.6 Å². The second-order valence-corrected chi connectivity index (χ2v) is 7.18. The number of nitrogens with one attached hydrogen (secondary N) is 1. The summed E-state index contributed by atoms with van der Waals surface area (Å²) >= 11 is 0. The smallest absolute Gasteiger partial charge is 0.339 e. The van der Waals surface area contributed by atoms with Gasteiger partial charge in [-0.2, -0.15) is 0 Å². The zero-order valence-electron chi connectivity index (χ0n) is 15.6. The number of hydrogen-bond donors (Lipinski definition) is 1. The normalized spacial score (nSPS) is 18.3. The van der Waals surface area contributed by atoms with Gasteiger partial charge in [0.1, 0.15) is 0 Å². The molecule has 1 amide bonds. The van der Waals surface area contributed by atoms with Crippen molar-refractivity contribution in [3.8, 4) is 0 Å². The summed E-state index contributed by atoms with van der Waals surface area (Å²) in [5.41, 5.74) is 2.02. The molecule has 3 aromatic carbocycles. The van der Waals surface area contributed by atoms with Crippen molar-refractivity contribution < 1.29 is 14.3 Å². The fourth-order valence-electron chi connectivity index (χ4n) is 3.59. The number of rotatable bonds is 4. The highest BCUT2D eigenvalue weighted by atomic mass is 16.6. The molecule has 0 aromatic heterocycles. The van der Waals surface area contributed by atoms with Crippen LogP contribution in [0.4, 0.5) is 0 Å². The van der Waals surface area contributed by atoms with E-state index in [2.05, 4.69) is 5.32 Å². The standard InChI is InChI=1S/C24H21NO3/c1-24(16-19-14-8-9-15-20(19)22(26)28-24)23(27)25-21(17-10-4-2-5-11-17)18-12-6-3-7-13-18/h2-15,21H,16H2,1H3,(H,25,27)/t24-/m1/s1. The van der Waals surface area contributed by atoms with E-state index in [1.54, 1.807) is 19.1 Å². The van der Waals surface area contributed by atoms with Crippen LogP contribution in [0.15, 0.2) is 84.9 Å². The van der Waals surface area contributed by atoms with Crippen LogP contribution in [-0.2, 0) is 16.0 Å². The first kappa shape index (κ1) is 18.0. The van der Waals surface area contributed by atoms with Crippen LogP contribution in [-0.4, -0.2) is 17.5 Å². The number of fused-ring (bicyclic) bond motifs is 1. The van der Waals surface area contributed by atoms with Crippen LogP contribution in [0.1, 0.15) is 40.0 Å². The van der Waals surface area contributed by atoms with Crippen LogP contribution in [0.25, 0.3) is 0 Å². The van der Waals surface area contributed by atoms with Gasteiger partial charge in [-0.15, -0.1) is 0 Å².